The van der Waals surface area contributed by atoms with Crippen molar-refractivity contribution in [3.63, 3.8) is 0 Å². The fourth-order valence-electron chi connectivity index (χ4n) is 4.79. The average Bonchev–Trinajstić information content (AvgIpc) is 3.30. The zero-order valence-electron chi connectivity index (χ0n) is 22.0. The normalized spacial score (nSPS) is 15.7. The number of nitrogens with zero attached hydrogens (tertiary/aromatic N) is 5. The molecule has 0 spiro atoms. The SMILES string of the molecule is CCCCO[C@@H](C)[C@H](CC)n1ncn(-c2ccc(N3CCN(c4ccc(OC)cc4)CC3)cc2)c1=O. The summed E-state index contributed by atoms with van der Waals surface area (Å²) < 4.78 is 14.4. The van der Waals surface area contributed by atoms with Gasteiger partial charge in [-0.05, 0) is 68.3 Å². The molecule has 0 amide bonds. The number of unbranched alkanes of at least 4 members (excludes halogenated alkanes) is 1. The molecule has 0 N–H and O–H groups in total. The van der Waals surface area contributed by atoms with Gasteiger partial charge in [0, 0.05) is 44.2 Å². The molecule has 8 nitrogen and oxygen atoms in total. The number of hydrogen-bond donors (Lipinski definition) is 0. The summed E-state index contributed by atoms with van der Waals surface area (Å²) in [6.07, 6.45) is 4.44. The Morgan fingerprint density at radius 1 is 0.889 bits per heavy atom. The average molecular weight is 494 g/mol. The zero-order valence-corrected chi connectivity index (χ0v) is 22.0. The van der Waals surface area contributed by atoms with Gasteiger partial charge in [-0.1, -0.05) is 20.3 Å². The van der Waals surface area contributed by atoms with Crippen LogP contribution in [0.15, 0.2) is 59.7 Å². The number of aromatic nitrogens is 3. The number of ether oxygens (including phenoxy) is 2. The maximum absolute atomic E-state index is 13.2. The predicted octanol–water partition coefficient (Wildman–Crippen LogP) is 4.53. The predicted molar refractivity (Wildman–Crippen MR) is 145 cm³/mol. The smallest absolute Gasteiger partial charge is 0.350 e. The molecule has 1 aliphatic heterocycles. The second-order valence-corrected chi connectivity index (χ2v) is 9.32. The Hall–Kier alpha value is -3.26. The van der Waals surface area contributed by atoms with E-state index in [0.29, 0.717) is 6.61 Å². The van der Waals surface area contributed by atoms with Gasteiger partial charge in [-0.3, -0.25) is 0 Å². The Kier molecular flexibility index (Phi) is 8.70. The molecule has 36 heavy (non-hydrogen) atoms. The van der Waals surface area contributed by atoms with Crippen molar-refractivity contribution in [3.05, 3.63) is 65.3 Å². The second-order valence-electron chi connectivity index (χ2n) is 9.32. The standard InChI is InChI=1S/C28H39N5O3/c1-5-7-20-36-22(3)27(6-2)33-28(34)32(21-29-33)25-10-8-23(9-11-25)30-16-18-31(19-17-30)24-12-14-26(35-4)15-13-24/h8-15,21-22,27H,5-7,16-20H2,1-4H3/t22-,27-/m0/s1. The van der Waals surface area contributed by atoms with E-state index in [1.54, 1.807) is 22.7 Å². The second kappa shape index (κ2) is 12.1. The summed E-state index contributed by atoms with van der Waals surface area (Å²) in [5.41, 5.74) is 3.07. The Bertz CT molecular complexity index is 1130. The minimum atomic E-state index is -0.131. The van der Waals surface area contributed by atoms with Gasteiger partial charge in [0.15, 0.2) is 0 Å². The van der Waals surface area contributed by atoms with Gasteiger partial charge in [0.1, 0.15) is 12.1 Å². The molecule has 3 aromatic rings. The molecular formula is C28H39N5O3. The van der Waals surface area contributed by atoms with E-state index >= 15 is 0 Å². The van der Waals surface area contributed by atoms with Crippen LogP contribution < -0.4 is 20.2 Å². The van der Waals surface area contributed by atoms with Crippen molar-refractivity contribution >= 4 is 11.4 Å². The van der Waals surface area contributed by atoms with Gasteiger partial charge in [0.05, 0.1) is 24.9 Å². The summed E-state index contributed by atoms with van der Waals surface area (Å²) in [5, 5.41) is 4.44. The molecule has 0 saturated carbocycles. The third-order valence-corrected chi connectivity index (χ3v) is 7.06. The van der Waals surface area contributed by atoms with Crippen molar-refractivity contribution in [2.75, 3.05) is 49.7 Å². The van der Waals surface area contributed by atoms with Crippen LogP contribution in [0.3, 0.4) is 0 Å². The minimum Gasteiger partial charge on any atom is -0.497 e. The molecule has 0 radical (unpaired) electrons. The van der Waals surface area contributed by atoms with Crippen molar-refractivity contribution < 1.29 is 9.47 Å². The first kappa shape index (κ1) is 25.8. The van der Waals surface area contributed by atoms with E-state index in [2.05, 4.69) is 53.0 Å². The molecular weight excluding hydrogens is 454 g/mol. The van der Waals surface area contributed by atoms with Crippen molar-refractivity contribution in [2.24, 2.45) is 0 Å². The maximum atomic E-state index is 13.2. The topological polar surface area (TPSA) is 64.8 Å². The largest absolute Gasteiger partial charge is 0.497 e. The minimum absolute atomic E-state index is 0.0680. The highest BCUT2D eigenvalue weighted by atomic mass is 16.5. The Morgan fingerprint density at radius 3 is 1.97 bits per heavy atom. The fraction of sp³-hybridized carbons (Fsp3) is 0.500. The highest BCUT2D eigenvalue weighted by Gasteiger charge is 2.23. The third-order valence-electron chi connectivity index (χ3n) is 7.06. The van der Waals surface area contributed by atoms with E-state index in [0.717, 1.165) is 62.6 Å². The summed E-state index contributed by atoms with van der Waals surface area (Å²) in [4.78, 5) is 18.0. The molecule has 1 fully saturated rings. The van der Waals surface area contributed by atoms with Crippen LogP contribution in [0.2, 0.25) is 0 Å². The molecule has 0 bridgehead atoms. The molecule has 4 rings (SSSR count). The summed E-state index contributed by atoms with van der Waals surface area (Å²) in [7, 11) is 1.69. The first-order valence-corrected chi connectivity index (χ1v) is 13.1. The zero-order chi connectivity index (χ0) is 25.5. The van der Waals surface area contributed by atoms with E-state index in [-0.39, 0.29) is 17.8 Å². The molecule has 1 aliphatic rings. The number of anilines is 2. The van der Waals surface area contributed by atoms with Gasteiger partial charge in [0.25, 0.3) is 0 Å². The van der Waals surface area contributed by atoms with Crippen LogP contribution in [-0.2, 0) is 4.74 Å². The summed E-state index contributed by atoms with van der Waals surface area (Å²) in [5.74, 6) is 0.877. The van der Waals surface area contributed by atoms with Crippen molar-refractivity contribution in [1.82, 2.24) is 14.3 Å². The summed E-state index contributed by atoms with van der Waals surface area (Å²) in [6, 6.07) is 16.3. The molecule has 194 valence electrons. The lowest BCUT2D eigenvalue weighted by atomic mass is 10.1. The van der Waals surface area contributed by atoms with E-state index in [9.17, 15) is 4.79 Å². The van der Waals surface area contributed by atoms with Crippen LogP contribution in [0.1, 0.15) is 46.1 Å². The molecule has 1 aromatic heterocycles. The van der Waals surface area contributed by atoms with Crippen LogP contribution in [0, 0.1) is 0 Å². The monoisotopic (exact) mass is 493 g/mol. The van der Waals surface area contributed by atoms with Gasteiger partial charge in [-0.2, -0.15) is 5.10 Å². The number of rotatable bonds is 11. The Balaban J connectivity index is 1.39. The Morgan fingerprint density at radius 2 is 1.44 bits per heavy atom. The van der Waals surface area contributed by atoms with Crippen molar-refractivity contribution in [1.29, 1.82) is 0 Å². The van der Waals surface area contributed by atoms with Crippen LogP contribution in [0.4, 0.5) is 11.4 Å². The molecule has 2 atom stereocenters. The van der Waals surface area contributed by atoms with Gasteiger partial charge in [-0.25, -0.2) is 14.0 Å². The quantitative estimate of drug-likeness (QED) is 0.366. The molecule has 2 heterocycles. The van der Waals surface area contributed by atoms with Crippen molar-refractivity contribution in [2.45, 2.75) is 52.2 Å². The highest BCUT2D eigenvalue weighted by Crippen LogP contribution is 2.24. The fourth-order valence-corrected chi connectivity index (χ4v) is 4.79. The lowest BCUT2D eigenvalue weighted by molar-refractivity contribution is 0.0215. The number of benzene rings is 2. The van der Waals surface area contributed by atoms with Gasteiger partial charge in [0.2, 0.25) is 0 Å². The molecule has 8 heteroatoms. The van der Waals surface area contributed by atoms with Crippen LogP contribution in [-0.4, -0.2) is 60.3 Å². The summed E-state index contributed by atoms with van der Waals surface area (Å²) >= 11 is 0. The lowest BCUT2D eigenvalue weighted by Gasteiger charge is -2.37. The highest BCUT2D eigenvalue weighted by molar-refractivity contribution is 5.54. The van der Waals surface area contributed by atoms with Crippen LogP contribution in [0.5, 0.6) is 5.75 Å². The molecule has 2 aromatic carbocycles. The van der Waals surface area contributed by atoms with Crippen LogP contribution in [0.25, 0.3) is 5.69 Å². The number of methoxy groups -OCH3 is 1. The van der Waals surface area contributed by atoms with E-state index < -0.39 is 0 Å². The van der Waals surface area contributed by atoms with Gasteiger partial charge < -0.3 is 19.3 Å². The van der Waals surface area contributed by atoms with E-state index in [1.165, 1.54) is 5.69 Å². The number of hydrogen-bond acceptors (Lipinski definition) is 6. The van der Waals surface area contributed by atoms with Gasteiger partial charge >= 0.3 is 5.69 Å². The van der Waals surface area contributed by atoms with Crippen LogP contribution >= 0.6 is 0 Å². The third kappa shape index (κ3) is 5.75. The first-order valence-electron chi connectivity index (χ1n) is 13.1. The maximum Gasteiger partial charge on any atom is 0.350 e. The number of piperazine rings is 1. The summed E-state index contributed by atoms with van der Waals surface area (Å²) in [6.45, 7) is 10.7. The van der Waals surface area contributed by atoms with Crippen molar-refractivity contribution in [3.8, 4) is 11.4 Å². The lowest BCUT2D eigenvalue weighted by Crippen LogP contribution is -2.46. The Labute approximate surface area is 214 Å². The van der Waals surface area contributed by atoms with E-state index in [1.807, 2.05) is 31.2 Å². The first-order chi connectivity index (χ1) is 17.5. The molecule has 0 aliphatic carbocycles. The van der Waals surface area contributed by atoms with Gasteiger partial charge in [-0.15, -0.1) is 0 Å². The molecule has 0 unspecified atom stereocenters. The van der Waals surface area contributed by atoms with E-state index in [4.69, 9.17) is 9.47 Å². The molecule has 1 saturated heterocycles.